The summed E-state index contributed by atoms with van der Waals surface area (Å²) in [6, 6.07) is 6.39. The quantitative estimate of drug-likeness (QED) is 0.750. The van der Waals surface area contributed by atoms with Crippen molar-refractivity contribution in [3.05, 3.63) is 30.1 Å². The van der Waals surface area contributed by atoms with Crippen LogP contribution in [0.2, 0.25) is 0 Å². The Morgan fingerprint density at radius 3 is 2.52 bits per heavy atom. The van der Waals surface area contributed by atoms with Crippen LogP contribution in [0.4, 0.5) is 4.39 Å². The van der Waals surface area contributed by atoms with Crippen molar-refractivity contribution in [2.45, 2.75) is 37.6 Å². The summed E-state index contributed by atoms with van der Waals surface area (Å²) in [5, 5.41) is 8.70. The largest absolute Gasteiger partial charge is 0.481 e. The van der Waals surface area contributed by atoms with Gasteiger partial charge in [0.25, 0.3) is 0 Å². The Kier molecular flexibility index (Phi) is 7.22. The molecule has 0 aliphatic carbocycles. The number of carbonyl (C=O) groups excluding carboxylic acids is 1. The number of halogens is 1. The topological polar surface area (TPSA) is 57.6 Å². The van der Waals surface area contributed by atoms with Gasteiger partial charge in [-0.3, -0.25) is 9.59 Å². The molecule has 0 bridgehead atoms. The van der Waals surface area contributed by atoms with Crippen LogP contribution in [0.3, 0.4) is 0 Å². The molecule has 1 N–H and O–H groups in total. The maximum atomic E-state index is 13.4. The van der Waals surface area contributed by atoms with Crippen molar-refractivity contribution >= 4 is 23.6 Å². The first kappa shape index (κ1) is 17.5. The Balaban J connectivity index is 2.46. The summed E-state index contributed by atoms with van der Waals surface area (Å²) in [6.07, 6.45) is 0.196. The van der Waals surface area contributed by atoms with Crippen molar-refractivity contribution in [3.63, 3.8) is 0 Å². The van der Waals surface area contributed by atoms with Gasteiger partial charge in [-0.05, 0) is 26.0 Å². The molecule has 1 aromatic carbocycles. The van der Waals surface area contributed by atoms with Crippen LogP contribution in [-0.4, -0.2) is 40.2 Å². The van der Waals surface area contributed by atoms with Gasteiger partial charge in [0.2, 0.25) is 5.91 Å². The smallest absolute Gasteiger partial charge is 0.305 e. The lowest BCUT2D eigenvalue weighted by molar-refractivity contribution is -0.139. The molecule has 0 unspecified atom stereocenters. The van der Waals surface area contributed by atoms with Gasteiger partial charge >= 0.3 is 5.97 Å². The van der Waals surface area contributed by atoms with E-state index in [1.165, 1.54) is 17.8 Å². The monoisotopic (exact) mass is 313 g/mol. The van der Waals surface area contributed by atoms with E-state index < -0.39 is 5.97 Å². The van der Waals surface area contributed by atoms with Crippen LogP contribution in [0.1, 0.15) is 26.7 Å². The van der Waals surface area contributed by atoms with Crippen LogP contribution in [0, 0.1) is 5.82 Å². The maximum absolute atomic E-state index is 13.4. The molecule has 4 nitrogen and oxygen atoms in total. The van der Waals surface area contributed by atoms with Gasteiger partial charge in [0.05, 0.1) is 6.42 Å². The summed E-state index contributed by atoms with van der Waals surface area (Å²) in [5.41, 5.74) is 0. The van der Waals surface area contributed by atoms with Gasteiger partial charge in [-0.2, -0.15) is 0 Å². The summed E-state index contributed by atoms with van der Waals surface area (Å²) in [5.74, 6) is -0.846. The number of carbonyl (C=O) groups is 2. The molecule has 0 spiro atoms. The van der Waals surface area contributed by atoms with Crippen LogP contribution in [-0.2, 0) is 9.59 Å². The second kappa shape index (κ2) is 8.67. The number of aliphatic carboxylic acids is 1. The van der Waals surface area contributed by atoms with Crippen LogP contribution < -0.4 is 0 Å². The third-order valence-electron chi connectivity index (χ3n) is 2.92. The fourth-order valence-corrected chi connectivity index (χ4v) is 2.72. The first-order valence-electron chi connectivity index (χ1n) is 6.80. The van der Waals surface area contributed by atoms with Crippen molar-refractivity contribution in [1.29, 1.82) is 0 Å². The zero-order valence-electron chi connectivity index (χ0n) is 12.2. The number of nitrogens with zero attached hydrogens (tertiary/aromatic N) is 1. The van der Waals surface area contributed by atoms with E-state index in [9.17, 15) is 14.0 Å². The van der Waals surface area contributed by atoms with E-state index >= 15 is 0 Å². The van der Waals surface area contributed by atoms with Crippen molar-refractivity contribution in [3.8, 4) is 0 Å². The third-order valence-corrected chi connectivity index (χ3v) is 3.97. The highest BCUT2D eigenvalue weighted by atomic mass is 32.2. The van der Waals surface area contributed by atoms with Gasteiger partial charge in [-0.15, -0.1) is 11.8 Å². The van der Waals surface area contributed by atoms with E-state index in [1.807, 2.05) is 13.8 Å². The second-order valence-corrected chi connectivity index (χ2v) is 5.99. The minimum Gasteiger partial charge on any atom is -0.481 e. The molecule has 21 heavy (non-hydrogen) atoms. The number of carboxylic acids is 1. The molecule has 0 atom stereocenters. The first-order chi connectivity index (χ1) is 9.91. The van der Waals surface area contributed by atoms with E-state index in [1.54, 1.807) is 23.1 Å². The number of hydrogen-bond acceptors (Lipinski definition) is 3. The van der Waals surface area contributed by atoms with Crippen molar-refractivity contribution in [2.75, 3.05) is 12.3 Å². The first-order valence-corrected chi connectivity index (χ1v) is 7.79. The molecular weight excluding hydrogens is 293 g/mol. The standard InChI is InChI=1S/C15H20FNO3S/c1-11(2)17(9-7-15(19)20)14(18)8-10-21-13-6-4-3-5-12(13)16/h3-6,11H,7-10H2,1-2H3,(H,19,20). The normalized spacial score (nSPS) is 10.7. The molecule has 0 saturated heterocycles. The Morgan fingerprint density at radius 1 is 1.29 bits per heavy atom. The van der Waals surface area contributed by atoms with Crippen LogP contribution in [0.15, 0.2) is 29.2 Å². The highest BCUT2D eigenvalue weighted by molar-refractivity contribution is 7.99. The molecule has 0 saturated carbocycles. The lowest BCUT2D eigenvalue weighted by Gasteiger charge is -2.26. The SMILES string of the molecule is CC(C)N(CCC(=O)O)C(=O)CCSc1ccccc1F. The zero-order valence-corrected chi connectivity index (χ0v) is 13.0. The number of hydrogen-bond donors (Lipinski definition) is 1. The highest BCUT2D eigenvalue weighted by Gasteiger charge is 2.17. The van der Waals surface area contributed by atoms with E-state index in [4.69, 9.17) is 5.11 Å². The zero-order chi connectivity index (χ0) is 15.8. The average molecular weight is 313 g/mol. The molecule has 0 aromatic heterocycles. The number of rotatable bonds is 8. The Labute approximate surface area is 128 Å². The van der Waals surface area contributed by atoms with E-state index in [2.05, 4.69) is 0 Å². The average Bonchev–Trinajstić information content (AvgIpc) is 2.40. The minimum atomic E-state index is -0.922. The van der Waals surface area contributed by atoms with Crippen LogP contribution >= 0.6 is 11.8 Å². The minimum absolute atomic E-state index is 0.0460. The highest BCUT2D eigenvalue weighted by Crippen LogP contribution is 2.22. The van der Waals surface area contributed by atoms with Gasteiger partial charge < -0.3 is 10.0 Å². The van der Waals surface area contributed by atoms with Crippen molar-refractivity contribution in [2.24, 2.45) is 0 Å². The van der Waals surface area contributed by atoms with Crippen LogP contribution in [0.5, 0.6) is 0 Å². The summed E-state index contributed by atoms with van der Waals surface area (Å²) < 4.78 is 13.4. The molecule has 0 heterocycles. The lowest BCUT2D eigenvalue weighted by atomic mass is 10.2. The van der Waals surface area contributed by atoms with Gasteiger partial charge in [-0.1, -0.05) is 12.1 Å². The van der Waals surface area contributed by atoms with Gasteiger partial charge in [0.1, 0.15) is 5.82 Å². The van der Waals surface area contributed by atoms with Crippen LogP contribution in [0.25, 0.3) is 0 Å². The Morgan fingerprint density at radius 2 is 1.95 bits per heavy atom. The number of amides is 1. The summed E-state index contributed by atoms with van der Waals surface area (Å²) in [4.78, 5) is 24.8. The van der Waals surface area contributed by atoms with Gasteiger partial charge in [0.15, 0.2) is 0 Å². The maximum Gasteiger partial charge on any atom is 0.305 e. The molecule has 1 aromatic rings. The summed E-state index contributed by atoms with van der Waals surface area (Å²) >= 11 is 1.29. The summed E-state index contributed by atoms with van der Waals surface area (Å²) in [7, 11) is 0. The molecule has 116 valence electrons. The molecule has 6 heteroatoms. The molecule has 1 rings (SSSR count). The summed E-state index contributed by atoms with van der Waals surface area (Å²) in [6.45, 7) is 3.91. The fourth-order valence-electron chi connectivity index (χ4n) is 1.84. The van der Waals surface area contributed by atoms with E-state index in [0.29, 0.717) is 10.6 Å². The molecule has 0 fully saturated rings. The van der Waals surface area contributed by atoms with Crippen molar-refractivity contribution < 1.29 is 19.1 Å². The second-order valence-electron chi connectivity index (χ2n) is 4.85. The number of carboxylic acid groups (broad SMARTS) is 1. The molecule has 0 aliphatic rings. The van der Waals surface area contributed by atoms with E-state index in [0.717, 1.165) is 0 Å². The molecule has 0 radical (unpaired) electrons. The van der Waals surface area contributed by atoms with Gasteiger partial charge in [-0.25, -0.2) is 4.39 Å². The molecular formula is C15H20FNO3S. The predicted octanol–water partition coefficient (Wildman–Crippen LogP) is 3.02. The Bertz CT molecular complexity index is 494. The molecule has 1 amide bonds. The fraction of sp³-hybridized carbons (Fsp3) is 0.467. The number of benzene rings is 1. The van der Waals surface area contributed by atoms with E-state index in [-0.39, 0.29) is 37.2 Å². The van der Waals surface area contributed by atoms with Gasteiger partial charge in [0, 0.05) is 29.7 Å². The number of thioether (sulfide) groups is 1. The predicted molar refractivity (Wildman–Crippen MR) is 80.8 cm³/mol. The molecule has 0 aliphatic heterocycles. The van der Waals surface area contributed by atoms with Crippen molar-refractivity contribution in [1.82, 2.24) is 4.90 Å². The Hall–Kier alpha value is -1.56. The lowest BCUT2D eigenvalue weighted by Crippen LogP contribution is -2.38. The third kappa shape index (κ3) is 6.16.